The first-order valence-electron chi connectivity index (χ1n) is 10.1. The second-order valence-electron chi connectivity index (χ2n) is 7.65. The number of para-hydroxylation sites is 2. The Kier molecular flexibility index (Phi) is 4.69. The van der Waals surface area contributed by atoms with E-state index in [1.54, 1.807) is 6.20 Å². The number of rotatable bonds is 4. The molecule has 0 radical (unpaired) electrons. The Hall–Kier alpha value is -3.25. The number of imidazole rings is 1. The van der Waals surface area contributed by atoms with Gasteiger partial charge in [0.25, 0.3) is 0 Å². The molecule has 0 bridgehead atoms. The number of likely N-dealkylation sites (tertiary alicyclic amines) is 1. The van der Waals surface area contributed by atoms with Crippen LogP contribution in [-0.2, 0) is 11.3 Å². The van der Waals surface area contributed by atoms with Crippen LogP contribution < -0.4 is 5.32 Å². The number of hydrogen-bond acceptors (Lipinski definition) is 4. The lowest BCUT2D eigenvalue weighted by atomic mass is 9.95. The van der Waals surface area contributed by atoms with Gasteiger partial charge in [0.2, 0.25) is 5.91 Å². The van der Waals surface area contributed by atoms with Gasteiger partial charge in [0.15, 0.2) is 0 Å². The summed E-state index contributed by atoms with van der Waals surface area (Å²) in [5.74, 6) is 1.14. The first kappa shape index (κ1) is 17.8. The third kappa shape index (κ3) is 3.84. The molecule has 2 aromatic carbocycles. The number of nitrogens with one attached hydrogen (secondary N) is 2. The van der Waals surface area contributed by atoms with E-state index >= 15 is 0 Å². The maximum absolute atomic E-state index is 12.7. The molecule has 6 nitrogen and oxygen atoms in total. The fourth-order valence-electron chi connectivity index (χ4n) is 4.04. The largest absolute Gasteiger partial charge is 0.341 e. The minimum absolute atomic E-state index is 0.0477. The Morgan fingerprint density at radius 3 is 2.79 bits per heavy atom. The number of nitrogens with zero attached hydrogens (tertiary/aromatic N) is 3. The summed E-state index contributed by atoms with van der Waals surface area (Å²) in [4.78, 5) is 27.5. The molecular weight excluding hydrogens is 362 g/mol. The van der Waals surface area contributed by atoms with Crippen LogP contribution in [0.5, 0.6) is 0 Å². The number of aromatic nitrogens is 3. The van der Waals surface area contributed by atoms with Gasteiger partial charge in [-0.15, -0.1) is 0 Å². The predicted molar refractivity (Wildman–Crippen MR) is 114 cm³/mol. The molecule has 5 rings (SSSR count). The van der Waals surface area contributed by atoms with Gasteiger partial charge in [0.05, 0.1) is 23.1 Å². The van der Waals surface area contributed by atoms with Crippen molar-refractivity contribution < 1.29 is 4.79 Å². The number of piperidine rings is 1. The summed E-state index contributed by atoms with van der Waals surface area (Å²) in [5.41, 5.74) is 3.84. The van der Waals surface area contributed by atoms with E-state index in [0.717, 1.165) is 65.9 Å². The third-order valence-corrected chi connectivity index (χ3v) is 5.64. The second kappa shape index (κ2) is 7.64. The highest BCUT2D eigenvalue weighted by atomic mass is 16.1. The normalized spacial score (nSPS) is 15.7. The van der Waals surface area contributed by atoms with Crippen LogP contribution in [0.3, 0.4) is 0 Å². The highest BCUT2D eigenvalue weighted by Crippen LogP contribution is 2.23. The average Bonchev–Trinajstić information content (AvgIpc) is 3.16. The number of H-pyrrole nitrogens is 1. The summed E-state index contributed by atoms with van der Waals surface area (Å²) >= 11 is 0. The van der Waals surface area contributed by atoms with E-state index in [4.69, 9.17) is 0 Å². The zero-order chi connectivity index (χ0) is 19.6. The van der Waals surface area contributed by atoms with Crippen molar-refractivity contribution in [2.75, 3.05) is 18.4 Å². The highest BCUT2D eigenvalue weighted by Gasteiger charge is 2.25. The van der Waals surface area contributed by atoms with Gasteiger partial charge >= 0.3 is 0 Å². The fraction of sp³-hybridized carbons (Fsp3) is 0.261. The number of benzene rings is 2. The van der Waals surface area contributed by atoms with E-state index in [2.05, 4.69) is 25.2 Å². The van der Waals surface area contributed by atoms with Crippen LogP contribution >= 0.6 is 0 Å². The SMILES string of the molecule is O=C(Nc1ccc2ncccc2c1)C1CCN(Cc2nc3ccccc3[nH]2)CC1. The van der Waals surface area contributed by atoms with Crippen molar-refractivity contribution in [2.45, 2.75) is 19.4 Å². The number of anilines is 1. The Balaban J connectivity index is 1.17. The van der Waals surface area contributed by atoms with Gasteiger partial charge in [-0.05, 0) is 62.3 Å². The van der Waals surface area contributed by atoms with Gasteiger partial charge in [0.1, 0.15) is 5.82 Å². The molecule has 0 saturated carbocycles. The van der Waals surface area contributed by atoms with Gasteiger partial charge in [-0.3, -0.25) is 14.7 Å². The Bertz CT molecular complexity index is 1130. The molecule has 0 unspecified atom stereocenters. The molecule has 3 heterocycles. The van der Waals surface area contributed by atoms with Gasteiger partial charge in [-0.2, -0.15) is 0 Å². The molecule has 1 aliphatic rings. The molecule has 2 aromatic heterocycles. The Labute approximate surface area is 169 Å². The third-order valence-electron chi connectivity index (χ3n) is 5.64. The lowest BCUT2D eigenvalue weighted by molar-refractivity contribution is -0.121. The first-order valence-corrected chi connectivity index (χ1v) is 10.1. The quantitative estimate of drug-likeness (QED) is 0.558. The number of aromatic amines is 1. The summed E-state index contributed by atoms with van der Waals surface area (Å²) in [5, 5.41) is 4.12. The summed E-state index contributed by atoms with van der Waals surface area (Å²) in [6.45, 7) is 2.59. The van der Waals surface area contributed by atoms with E-state index in [1.807, 2.05) is 54.6 Å². The molecule has 0 spiro atoms. The summed E-state index contributed by atoms with van der Waals surface area (Å²) in [6.07, 6.45) is 3.50. The summed E-state index contributed by atoms with van der Waals surface area (Å²) < 4.78 is 0. The number of amides is 1. The zero-order valence-corrected chi connectivity index (χ0v) is 16.1. The number of carbonyl (C=O) groups excluding carboxylic acids is 1. The minimum Gasteiger partial charge on any atom is -0.341 e. The average molecular weight is 385 g/mol. The molecule has 1 fully saturated rings. The molecule has 29 heavy (non-hydrogen) atoms. The van der Waals surface area contributed by atoms with Crippen molar-refractivity contribution in [3.8, 4) is 0 Å². The predicted octanol–water partition coefficient (Wildman–Crippen LogP) is 3.96. The van der Waals surface area contributed by atoms with Gasteiger partial charge < -0.3 is 10.3 Å². The Morgan fingerprint density at radius 1 is 1.07 bits per heavy atom. The van der Waals surface area contributed by atoms with Crippen LogP contribution in [0.15, 0.2) is 60.8 Å². The van der Waals surface area contributed by atoms with E-state index in [1.165, 1.54) is 0 Å². The van der Waals surface area contributed by atoms with Crippen molar-refractivity contribution in [1.29, 1.82) is 0 Å². The van der Waals surface area contributed by atoms with Gasteiger partial charge in [-0.1, -0.05) is 18.2 Å². The van der Waals surface area contributed by atoms with E-state index in [9.17, 15) is 4.79 Å². The highest BCUT2D eigenvalue weighted by molar-refractivity contribution is 5.95. The molecule has 1 amide bonds. The molecule has 1 aliphatic heterocycles. The topological polar surface area (TPSA) is 73.9 Å². The standard InChI is InChI=1S/C23H23N5O/c29-23(25-18-7-8-19-17(14-18)4-3-11-24-19)16-9-12-28(13-10-16)15-22-26-20-5-1-2-6-21(20)27-22/h1-8,11,14,16H,9-10,12-13,15H2,(H,25,29)(H,26,27). The maximum atomic E-state index is 12.7. The van der Waals surface area contributed by atoms with E-state index in [-0.39, 0.29) is 11.8 Å². The number of carbonyl (C=O) groups is 1. The van der Waals surface area contributed by atoms with Crippen molar-refractivity contribution in [1.82, 2.24) is 19.9 Å². The van der Waals surface area contributed by atoms with Crippen LogP contribution in [0.4, 0.5) is 5.69 Å². The van der Waals surface area contributed by atoms with Gasteiger partial charge in [-0.25, -0.2) is 4.98 Å². The minimum atomic E-state index is 0.0477. The molecule has 1 saturated heterocycles. The van der Waals surface area contributed by atoms with E-state index in [0.29, 0.717) is 0 Å². The van der Waals surface area contributed by atoms with Crippen LogP contribution in [-0.4, -0.2) is 38.8 Å². The smallest absolute Gasteiger partial charge is 0.227 e. The summed E-state index contributed by atoms with van der Waals surface area (Å²) in [6, 6.07) is 17.9. The summed E-state index contributed by atoms with van der Waals surface area (Å²) in [7, 11) is 0. The lowest BCUT2D eigenvalue weighted by Crippen LogP contribution is -2.38. The number of fused-ring (bicyclic) bond motifs is 2. The van der Waals surface area contributed by atoms with Crippen molar-refractivity contribution >= 4 is 33.5 Å². The Morgan fingerprint density at radius 2 is 1.93 bits per heavy atom. The van der Waals surface area contributed by atoms with Crippen molar-refractivity contribution in [3.63, 3.8) is 0 Å². The first-order chi connectivity index (χ1) is 14.2. The maximum Gasteiger partial charge on any atom is 0.227 e. The molecule has 4 aromatic rings. The number of hydrogen-bond donors (Lipinski definition) is 2. The van der Waals surface area contributed by atoms with Crippen LogP contribution in [0, 0.1) is 5.92 Å². The van der Waals surface area contributed by atoms with Gasteiger partial charge in [0, 0.05) is 23.2 Å². The molecule has 0 atom stereocenters. The molecule has 6 heteroatoms. The second-order valence-corrected chi connectivity index (χ2v) is 7.65. The van der Waals surface area contributed by atoms with E-state index < -0.39 is 0 Å². The molecule has 0 aliphatic carbocycles. The van der Waals surface area contributed by atoms with Crippen molar-refractivity contribution in [2.24, 2.45) is 5.92 Å². The molecular formula is C23H23N5O. The van der Waals surface area contributed by atoms with Crippen LogP contribution in [0.1, 0.15) is 18.7 Å². The zero-order valence-electron chi connectivity index (χ0n) is 16.1. The van der Waals surface area contributed by atoms with Crippen LogP contribution in [0.25, 0.3) is 21.9 Å². The lowest BCUT2D eigenvalue weighted by Gasteiger charge is -2.30. The van der Waals surface area contributed by atoms with Crippen molar-refractivity contribution in [3.05, 3.63) is 66.6 Å². The molecule has 146 valence electrons. The van der Waals surface area contributed by atoms with Crippen LogP contribution in [0.2, 0.25) is 0 Å². The fourth-order valence-corrected chi connectivity index (χ4v) is 4.04. The monoisotopic (exact) mass is 385 g/mol. The molecule has 2 N–H and O–H groups in total. The number of pyridine rings is 1.